The van der Waals surface area contributed by atoms with Crippen molar-refractivity contribution in [3.8, 4) is 11.3 Å². The summed E-state index contributed by atoms with van der Waals surface area (Å²) in [5, 5.41) is 9.41. The van der Waals surface area contributed by atoms with Gasteiger partial charge in [-0.1, -0.05) is 0 Å². The van der Waals surface area contributed by atoms with Gasteiger partial charge in [0.15, 0.2) is 11.6 Å². The Labute approximate surface area is 256 Å². The predicted octanol–water partition coefficient (Wildman–Crippen LogP) is 5.77. The van der Waals surface area contributed by atoms with Gasteiger partial charge in [0.2, 0.25) is 0 Å². The molecule has 2 aliphatic heterocycles. The van der Waals surface area contributed by atoms with Gasteiger partial charge in [0.1, 0.15) is 11.6 Å². The van der Waals surface area contributed by atoms with Crippen molar-refractivity contribution < 1.29 is 31.9 Å². The maximum absolute atomic E-state index is 15.9. The van der Waals surface area contributed by atoms with Gasteiger partial charge in [0.05, 0.1) is 28.4 Å². The lowest BCUT2D eigenvalue weighted by molar-refractivity contribution is -0.138. The van der Waals surface area contributed by atoms with E-state index >= 15 is 4.39 Å². The summed E-state index contributed by atoms with van der Waals surface area (Å²) in [6, 6.07) is 2.95. The Bertz CT molecular complexity index is 1500. The number of carboxylic acids is 1. The Hall–Kier alpha value is -3.23. The van der Waals surface area contributed by atoms with E-state index < -0.39 is 29.3 Å². The number of aromatic nitrogens is 3. The lowest BCUT2D eigenvalue weighted by Crippen LogP contribution is -2.47. The van der Waals surface area contributed by atoms with Gasteiger partial charge in [-0.2, -0.15) is 13.2 Å². The van der Waals surface area contributed by atoms with E-state index in [1.165, 1.54) is 11.3 Å². The third kappa shape index (κ3) is 7.35. The zero-order chi connectivity index (χ0) is 31.8. The van der Waals surface area contributed by atoms with Crippen LogP contribution in [0.15, 0.2) is 18.2 Å². The molecule has 0 spiro atoms. The van der Waals surface area contributed by atoms with E-state index in [0.29, 0.717) is 61.0 Å². The molecule has 238 valence electrons. The molecule has 14 heteroatoms. The molecule has 4 heterocycles. The summed E-state index contributed by atoms with van der Waals surface area (Å²) in [7, 11) is 0. The topological polar surface area (TPSA) is 85.7 Å². The standard InChI is InChI=1S/C30H35F5N6O2S/c1-17-4-5-18(2)41(17)16-24-28(20-12-21(30(33,34)35)14-22(31)13-20)38-25(44-24)15-23-27(32)29(37-19(3)36-23)40-10-8-39(9-11-40)7-6-26(42)43/h12-14,17-18H,4-11,15-16H2,1-3H3,(H,42,43)/t17-,18-/m1/s1. The number of carbonyl (C=O) groups is 1. The lowest BCUT2D eigenvalue weighted by Gasteiger charge is -2.35. The summed E-state index contributed by atoms with van der Waals surface area (Å²) in [6.45, 7) is 8.75. The lowest BCUT2D eigenvalue weighted by atomic mass is 10.1. The molecule has 2 saturated heterocycles. The highest BCUT2D eigenvalue weighted by molar-refractivity contribution is 7.12. The van der Waals surface area contributed by atoms with Crippen LogP contribution in [0.1, 0.15) is 60.1 Å². The molecule has 0 unspecified atom stereocenters. The van der Waals surface area contributed by atoms with Crippen molar-refractivity contribution in [2.24, 2.45) is 0 Å². The molecular weight excluding hydrogens is 603 g/mol. The molecule has 0 saturated carbocycles. The van der Waals surface area contributed by atoms with E-state index in [2.05, 4.69) is 33.7 Å². The summed E-state index contributed by atoms with van der Waals surface area (Å²) < 4.78 is 71.1. The van der Waals surface area contributed by atoms with Crippen LogP contribution in [0.4, 0.5) is 27.8 Å². The van der Waals surface area contributed by atoms with Crippen molar-refractivity contribution in [2.45, 2.75) is 71.3 Å². The van der Waals surface area contributed by atoms with Gasteiger partial charge in [-0.25, -0.2) is 23.7 Å². The molecule has 3 aromatic rings. The smallest absolute Gasteiger partial charge is 0.416 e. The first-order valence-electron chi connectivity index (χ1n) is 14.6. The monoisotopic (exact) mass is 638 g/mol. The highest BCUT2D eigenvalue weighted by atomic mass is 32.1. The van der Waals surface area contributed by atoms with E-state index in [1.807, 2.05) is 9.80 Å². The molecule has 2 aliphatic rings. The Balaban J connectivity index is 1.45. The molecule has 0 radical (unpaired) electrons. The summed E-state index contributed by atoms with van der Waals surface area (Å²) >= 11 is 1.27. The maximum atomic E-state index is 15.9. The number of benzene rings is 1. The molecule has 0 aliphatic carbocycles. The number of rotatable bonds is 9. The van der Waals surface area contributed by atoms with Crippen LogP contribution in [0.5, 0.6) is 0 Å². The highest BCUT2D eigenvalue weighted by Gasteiger charge is 2.33. The normalized spacial score (nSPS) is 20.0. The van der Waals surface area contributed by atoms with Gasteiger partial charge in [-0.05, 0) is 51.8 Å². The zero-order valence-electron chi connectivity index (χ0n) is 24.8. The third-order valence-corrected chi connectivity index (χ3v) is 9.39. The van der Waals surface area contributed by atoms with E-state index in [-0.39, 0.29) is 47.7 Å². The first kappa shape index (κ1) is 32.2. The molecular formula is C30H35F5N6O2S. The van der Waals surface area contributed by atoms with Crippen molar-refractivity contribution in [3.05, 3.63) is 56.8 Å². The van der Waals surface area contributed by atoms with Gasteiger partial charge >= 0.3 is 12.1 Å². The number of aliphatic carboxylic acids is 1. The average molecular weight is 639 g/mol. The van der Waals surface area contributed by atoms with Crippen molar-refractivity contribution in [2.75, 3.05) is 37.6 Å². The van der Waals surface area contributed by atoms with Crippen LogP contribution in [0, 0.1) is 18.6 Å². The molecule has 1 aromatic carbocycles. The Morgan fingerprint density at radius 1 is 1.02 bits per heavy atom. The molecule has 0 bridgehead atoms. The second-order valence-electron chi connectivity index (χ2n) is 11.6. The quantitative estimate of drug-likeness (QED) is 0.296. The zero-order valence-corrected chi connectivity index (χ0v) is 25.6. The SMILES string of the molecule is Cc1nc(Cc2nc(-c3cc(F)cc(C(F)(F)F)c3)c(CN3[C@H](C)CC[C@H]3C)s2)c(F)c(N2CCN(CCC(=O)O)CC2)n1. The van der Waals surface area contributed by atoms with Gasteiger partial charge in [-0.15, -0.1) is 11.3 Å². The fraction of sp³-hybridized carbons (Fsp3) is 0.533. The number of likely N-dealkylation sites (tertiary alicyclic amines) is 1. The van der Waals surface area contributed by atoms with Crippen molar-refractivity contribution in [1.82, 2.24) is 24.8 Å². The summed E-state index contributed by atoms with van der Waals surface area (Å²) in [4.78, 5) is 31.0. The Morgan fingerprint density at radius 3 is 2.34 bits per heavy atom. The van der Waals surface area contributed by atoms with Crippen molar-refractivity contribution in [1.29, 1.82) is 0 Å². The maximum Gasteiger partial charge on any atom is 0.416 e. The van der Waals surface area contributed by atoms with Gasteiger partial charge in [0, 0.05) is 68.2 Å². The van der Waals surface area contributed by atoms with Crippen LogP contribution in [-0.2, 0) is 23.9 Å². The summed E-state index contributed by atoms with van der Waals surface area (Å²) in [6.07, 6.45) is -2.73. The van der Waals surface area contributed by atoms with Crippen molar-refractivity contribution >= 4 is 23.1 Å². The third-order valence-electron chi connectivity index (χ3n) is 8.35. The molecule has 1 N–H and O–H groups in total. The number of alkyl halides is 3. The molecule has 5 rings (SSSR count). The number of piperazine rings is 1. The molecule has 2 fully saturated rings. The fourth-order valence-corrected chi connectivity index (χ4v) is 7.04. The first-order valence-corrected chi connectivity index (χ1v) is 15.4. The van der Waals surface area contributed by atoms with Crippen LogP contribution in [0.3, 0.4) is 0 Å². The number of anilines is 1. The van der Waals surface area contributed by atoms with Gasteiger partial charge in [-0.3, -0.25) is 14.6 Å². The fourth-order valence-electron chi connectivity index (χ4n) is 5.93. The minimum Gasteiger partial charge on any atom is -0.481 e. The predicted molar refractivity (Wildman–Crippen MR) is 157 cm³/mol. The molecule has 2 aromatic heterocycles. The molecule has 8 nitrogen and oxygen atoms in total. The van der Waals surface area contributed by atoms with E-state index in [9.17, 15) is 22.4 Å². The number of hydrogen-bond donors (Lipinski definition) is 1. The number of thiazole rings is 1. The number of carboxylic acid groups (broad SMARTS) is 1. The second-order valence-corrected chi connectivity index (χ2v) is 12.7. The molecule has 0 amide bonds. The second kappa shape index (κ2) is 13.0. The average Bonchev–Trinajstić information content (AvgIpc) is 3.51. The Kier molecular flexibility index (Phi) is 9.52. The van der Waals surface area contributed by atoms with Crippen molar-refractivity contribution in [3.63, 3.8) is 0 Å². The molecule has 2 atom stereocenters. The summed E-state index contributed by atoms with van der Waals surface area (Å²) in [5.74, 6) is -1.96. The van der Waals surface area contributed by atoms with Crippen LogP contribution in [0.2, 0.25) is 0 Å². The Morgan fingerprint density at radius 2 is 1.70 bits per heavy atom. The van der Waals surface area contributed by atoms with E-state index in [0.717, 1.165) is 25.0 Å². The minimum atomic E-state index is -4.73. The number of hydrogen-bond acceptors (Lipinski definition) is 8. The highest BCUT2D eigenvalue weighted by Crippen LogP contribution is 2.38. The number of halogens is 5. The van der Waals surface area contributed by atoms with E-state index in [1.54, 1.807) is 6.92 Å². The van der Waals surface area contributed by atoms with Crippen LogP contribution >= 0.6 is 11.3 Å². The van der Waals surface area contributed by atoms with E-state index in [4.69, 9.17) is 5.11 Å². The van der Waals surface area contributed by atoms with Crippen LogP contribution < -0.4 is 4.90 Å². The van der Waals surface area contributed by atoms with Crippen LogP contribution in [-0.4, -0.2) is 80.6 Å². The minimum absolute atomic E-state index is 0.00894. The van der Waals surface area contributed by atoms with Gasteiger partial charge in [0.25, 0.3) is 0 Å². The largest absolute Gasteiger partial charge is 0.481 e. The van der Waals surface area contributed by atoms with Crippen LogP contribution in [0.25, 0.3) is 11.3 Å². The number of aryl methyl sites for hydroxylation is 1. The van der Waals surface area contributed by atoms with Gasteiger partial charge < -0.3 is 10.0 Å². The summed E-state index contributed by atoms with van der Waals surface area (Å²) in [5.41, 5.74) is -0.702. The number of nitrogens with zero attached hydrogens (tertiary/aromatic N) is 6. The first-order chi connectivity index (χ1) is 20.8. The molecule has 44 heavy (non-hydrogen) atoms.